The number of nitrogens with zero attached hydrogens (tertiary/aromatic N) is 1. The van der Waals surface area contributed by atoms with Gasteiger partial charge >= 0.3 is 0 Å². The SMILES string of the molecule is c1ccc([C@@H]2NC[C@H]3CCCN32)cc1. The number of hydrogen-bond acceptors (Lipinski definition) is 2. The molecule has 1 N–H and O–H groups in total. The molecule has 3 rings (SSSR count). The van der Waals surface area contributed by atoms with Crippen LogP contribution in [0.2, 0.25) is 0 Å². The molecule has 0 spiro atoms. The van der Waals surface area contributed by atoms with E-state index in [2.05, 4.69) is 40.5 Å². The summed E-state index contributed by atoms with van der Waals surface area (Å²) >= 11 is 0. The summed E-state index contributed by atoms with van der Waals surface area (Å²) in [6.07, 6.45) is 3.22. The first-order chi connectivity index (χ1) is 6.95. The average molecular weight is 188 g/mol. The molecule has 2 atom stereocenters. The molecule has 0 unspecified atom stereocenters. The zero-order valence-corrected chi connectivity index (χ0v) is 8.32. The highest BCUT2D eigenvalue weighted by Gasteiger charge is 2.36. The minimum atomic E-state index is 0.476. The minimum Gasteiger partial charge on any atom is -0.296 e. The molecule has 0 saturated carbocycles. The van der Waals surface area contributed by atoms with Gasteiger partial charge in [-0.3, -0.25) is 10.2 Å². The monoisotopic (exact) mass is 188 g/mol. The van der Waals surface area contributed by atoms with Crippen molar-refractivity contribution in [2.24, 2.45) is 0 Å². The van der Waals surface area contributed by atoms with Crippen molar-refractivity contribution >= 4 is 0 Å². The molecule has 14 heavy (non-hydrogen) atoms. The third kappa shape index (κ3) is 1.26. The van der Waals surface area contributed by atoms with Crippen LogP contribution in [0.3, 0.4) is 0 Å². The van der Waals surface area contributed by atoms with Crippen LogP contribution >= 0.6 is 0 Å². The van der Waals surface area contributed by atoms with Gasteiger partial charge in [0.2, 0.25) is 0 Å². The fraction of sp³-hybridized carbons (Fsp3) is 0.500. The summed E-state index contributed by atoms with van der Waals surface area (Å²) in [6, 6.07) is 11.6. The fourth-order valence-corrected chi connectivity index (χ4v) is 2.73. The quantitative estimate of drug-likeness (QED) is 0.722. The van der Waals surface area contributed by atoms with Crippen molar-refractivity contribution in [3.05, 3.63) is 35.9 Å². The Morgan fingerprint density at radius 3 is 2.93 bits per heavy atom. The van der Waals surface area contributed by atoms with Crippen molar-refractivity contribution in [3.63, 3.8) is 0 Å². The predicted octanol–water partition coefficient (Wildman–Crippen LogP) is 1.75. The molecule has 0 aromatic heterocycles. The van der Waals surface area contributed by atoms with Gasteiger partial charge in [0.1, 0.15) is 0 Å². The van der Waals surface area contributed by atoms with E-state index in [9.17, 15) is 0 Å². The Hall–Kier alpha value is -0.860. The van der Waals surface area contributed by atoms with Gasteiger partial charge in [-0.2, -0.15) is 0 Å². The minimum absolute atomic E-state index is 0.476. The number of hydrogen-bond donors (Lipinski definition) is 1. The summed E-state index contributed by atoms with van der Waals surface area (Å²) in [5, 5.41) is 3.60. The molecular weight excluding hydrogens is 172 g/mol. The van der Waals surface area contributed by atoms with Crippen LogP contribution in [0.15, 0.2) is 30.3 Å². The summed E-state index contributed by atoms with van der Waals surface area (Å²) < 4.78 is 0. The van der Waals surface area contributed by atoms with E-state index in [0.717, 1.165) is 6.04 Å². The summed E-state index contributed by atoms with van der Waals surface area (Å²) in [6.45, 7) is 2.43. The van der Waals surface area contributed by atoms with E-state index in [1.165, 1.54) is 31.5 Å². The van der Waals surface area contributed by atoms with Gasteiger partial charge < -0.3 is 0 Å². The summed E-state index contributed by atoms with van der Waals surface area (Å²) in [4.78, 5) is 2.61. The number of nitrogens with one attached hydrogen (secondary N) is 1. The van der Waals surface area contributed by atoms with Gasteiger partial charge in [-0.25, -0.2) is 0 Å². The topological polar surface area (TPSA) is 15.3 Å². The molecule has 74 valence electrons. The largest absolute Gasteiger partial charge is 0.296 e. The molecule has 0 amide bonds. The van der Waals surface area contributed by atoms with E-state index < -0.39 is 0 Å². The molecule has 2 fully saturated rings. The van der Waals surface area contributed by atoms with E-state index in [0.29, 0.717) is 6.17 Å². The van der Waals surface area contributed by atoms with Crippen LogP contribution in [0.25, 0.3) is 0 Å². The van der Waals surface area contributed by atoms with Crippen molar-refractivity contribution in [1.82, 2.24) is 10.2 Å². The standard InChI is InChI=1S/C12H16N2/c1-2-5-10(6-3-1)12-13-9-11-7-4-8-14(11)12/h1-3,5-6,11-13H,4,7-9H2/t11-,12-/m1/s1. The molecule has 0 aliphatic carbocycles. The first kappa shape index (κ1) is 8.45. The smallest absolute Gasteiger partial charge is 0.0864 e. The molecule has 2 aliphatic heterocycles. The maximum Gasteiger partial charge on any atom is 0.0864 e. The summed E-state index contributed by atoms with van der Waals surface area (Å²) in [5.41, 5.74) is 1.41. The predicted molar refractivity (Wildman–Crippen MR) is 56.9 cm³/mol. The van der Waals surface area contributed by atoms with Gasteiger partial charge in [-0.15, -0.1) is 0 Å². The van der Waals surface area contributed by atoms with Gasteiger partial charge in [0.05, 0.1) is 6.17 Å². The second-order valence-electron chi connectivity index (χ2n) is 4.26. The molecule has 2 heterocycles. The van der Waals surface area contributed by atoms with Crippen LogP contribution in [0.1, 0.15) is 24.6 Å². The van der Waals surface area contributed by atoms with Gasteiger partial charge in [-0.1, -0.05) is 30.3 Å². The highest BCUT2D eigenvalue weighted by molar-refractivity contribution is 5.20. The normalized spacial score (nSPS) is 32.0. The second-order valence-corrected chi connectivity index (χ2v) is 4.26. The van der Waals surface area contributed by atoms with Crippen LogP contribution in [0.4, 0.5) is 0 Å². The Kier molecular flexibility index (Phi) is 2.03. The van der Waals surface area contributed by atoms with Crippen LogP contribution < -0.4 is 5.32 Å². The molecule has 0 bridgehead atoms. The molecule has 2 aliphatic rings. The third-order valence-electron chi connectivity index (χ3n) is 3.42. The van der Waals surface area contributed by atoms with Gasteiger partial charge in [0.15, 0.2) is 0 Å². The number of rotatable bonds is 1. The maximum atomic E-state index is 3.60. The van der Waals surface area contributed by atoms with Gasteiger partial charge in [0, 0.05) is 19.1 Å². The zero-order valence-electron chi connectivity index (χ0n) is 8.32. The lowest BCUT2D eigenvalue weighted by molar-refractivity contribution is 0.240. The number of fused-ring (bicyclic) bond motifs is 1. The lowest BCUT2D eigenvalue weighted by atomic mass is 10.1. The van der Waals surface area contributed by atoms with Crippen molar-refractivity contribution < 1.29 is 0 Å². The van der Waals surface area contributed by atoms with Crippen LogP contribution in [-0.2, 0) is 0 Å². The van der Waals surface area contributed by atoms with E-state index in [1.54, 1.807) is 0 Å². The first-order valence-corrected chi connectivity index (χ1v) is 5.49. The van der Waals surface area contributed by atoms with Crippen molar-refractivity contribution in [3.8, 4) is 0 Å². The fourth-order valence-electron chi connectivity index (χ4n) is 2.73. The molecule has 2 nitrogen and oxygen atoms in total. The summed E-state index contributed by atoms with van der Waals surface area (Å²) in [7, 11) is 0. The Bertz CT molecular complexity index is 309. The van der Waals surface area contributed by atoms with Crippen LogP contribution in [0.5, 0.6) is 0 Å². The summed E-state index contributed by atoms with van der Waals surface area (Å²) in [5.74, 6) is 0. The maximum absolute atomic E-state index is 3.60. The van der Waals surface area contributed by atoms with E-state index in [4.69, 9.17) is 0 Å². The van der Waals surface area contributed by atoms with Gasteiger partial charge in [0.25, 0.3) is 0 Å². The highest BCUT2D eigenvalue weighted by Crippen LogP contribution is 2.31. The molecule has 0 radical (unpaired) electrons. The lowest BCUT2D eigenvalue weighted by Crippen LogP contribution is -2.28. The third-order valence-corrected chi connectivity index (χ3v) is 3.42. The molecular formula is C12H16N2. The molecule has 2 saturated heterocycles. The average Bonchev–Trinajstić information content (AvgIpc) is 2.79. The first-order valence-electron chi connectivity index (χ1n) is 5.49. The van der Waals surface area contributed by atoms with Crippen LogP contribution in [0, 0.1) is 0 Å². The lowest BCUT2D eigenvalue weighted by Gasteiger charge is -2.23. The Labute approximate surface area is 84.9 Å². The van der Waals surface area contributed by atoms with Gasteiger partial charge in [-0.05, 0) is 18.4 Å². The van der Waals surface area contributed by atoms with E-state index >= 15 is 0 Å². The molecule has 1 aromatic carbocycles. The Balaban J connectivity index is 1.86. The zero-order chi connectivity index (χ0) is 9.38. The van der Waals surface area contributed by atoms with E-state index in [1.807, 2.05) is 0 Å². The Morgan fingerprint density at radius 1 is 1.21 bits per heavy atom. The highest BCUT2D eigenvalue weighted by atomic mass is 15.4. The van der Waals surface area contributed by atoms with Crippen molar-refractivity contribution in [1.29, 1.82) is 0 Å². The van der Waals surface area contributed by atoms with Crippen molar-refractivity contribution in [2.75, 3.05) is 13.1 Å². The second kappa shape index (κ2) is 3.37. The number of benzene rings is 1. The van der Waals surface area contributed by atoms with E-state index in [-0.39, 0.29) is 0 Å². The van der Waals surface area contributed by atoms with Crippen LogP contribution in [-0.4, -0.2) is 24.0 Å². The Morgan fingerprint density at radius 2 is 2.07 bits per heavy atom. The molecule has 2 heteroatoms. The molecule has 1 aromatic rings. The van der Waals surface area contributed by atoms with Crippen molar-refractivity contribution in [2.45, 2.75) is 25.0 Å².